The van der Waals surface area contributed by atoms with Crippen molar-refractivity contribution in [1.82, 2.24) is 10.2 Å². The van der Waals surface area contributed by atoms with Crippen LogP contribution >= 0.6 is 35.0 Å². The highest BCUT2D eigenvalue weighted by Crippen LogP contribution is 2.41. The van der Waals surface area contributed by atoms with E-state index in [4.69, 9.17) is 23.2 Å². The van der Waals surface area contributed by atoms with E-state index < -0.39 is 0 Å². The molecule has 3 rings (SSSR count). The molecule has 22 heavy (non-hydrogen) atoms. The Morgan fingerprint density at radius 2 is 2.00 bits per heavy atom. The maximum atomic E-state index is 12.6. The number of urea groups is 1. The number of carbonyl (C=O) groups is 1. The second-order valence-corrected chi connectivity index (χ2v) is 7.90. The Bertz CT molecular complexity index is 549. The number of hydrogen-bond donors (Lipinski definition) is 1. The van der Waals surface area contributed by atoms with Gasteiger partial charge in [-0.1, -0.05) is 48.5 Å². The summed E-state index contributed by atoms with van der Waals surface area (Å²) in [5, 5.41) is 4.42. The zero-order valence-electron chi connectivity index (χ0n) is 12.4. The molecule has 0 aromatic heterocycles. The molecule has 1 saturated carbocycles. The highest BCUT2D eigenvalue weighted by molar-refractivity contribution is 7.99. The van der Waals surface area contributed by atoms with Crippen molar-refractivity contribution < 1.29 is 4.79 Å². The predicted molar refractivity (Wildman–Crippen MR) is 93.8 cm³/mol. The fourth-order valence-electron chi connectivity index (χ4n) is 3.14. The standard InChI is InChI=1S/C16H20Cl2N2OS/c17-11-6-7-13(14(18)10-11)15-20(8-9-22-15)16(21)19-12-4-2-1-3-5-12/h6-7,10,12,15H,1-5,8-9H2,(H,19,21)/t15-/m1/s1. The molecule has 1 aliphatic carbocycles. The van der Waals surface area contributed by atoms with E-state index in [1.54, 1.807) is 17.8 Å². The molecule has 120 valence electrons. The van der Waals surface area contributed by atoms with Gasteiger partial charge >= 0.3 is 6.03 Å². The monoisotopic (exact) mass is 358 g/mol. The first-order valence-electron chi connectivity index (χ1n) is 7.79. The van der Waals surface area contributed by atoms with E-state index in [1.165, 1.54) is 19.3 Å². The number of benzene rings is 1. The van der Waals surface area contributed by atoms with Gasteiger partial charge in [0.15, 0.2) is 0 Å². The lowest BCUT2D eigenvalue weighted by molar-refractivity contribution is 0.192. The Labute approximate surface area is 145 Å². The van der Waals surface area contributed by atoms with E-state index in [0.29, 0.717) is 16.1 Å². The molecule has 3 nitrogen and oxygen atoms in total. The van der Waals surface area contributed by atoms with Crippen LogP contribution in [-0.2, 0) is 0 Å². The number of halogens is 2. The van der Waals surface area contributed by atoms with Gasteiger partial charge in [0.2, 0.25) is 0 Å². The second-order valence-electron chi connectivity index (χ2n) is 5.87. The summed E-state index contributed by atoms with van der Waals surface area (Å²) in [5.74, 6) is 0.932. The molecule has 1 atom stereocenters. The molecule has 0 bridgehead atoms. The van der Waals surface area contributed by atoms with Crippen molar-refractivity contribution in [3.8, 4) is 0 Å². The average Bonchev–Trinajstić information content (AvgIpc) is 2.97. The molecule has 0 unspecified atom stereocenters. The highest BCUT2D eigenvalue weighted by atomic mass is 35.5. The Hall–Kier alpha value is -0.580. The number of amides is 2. The Morgan fingerprint density at radius 1 is 1.23 bits per heavy atom. The van der Waals surface area contributed by atoms with Gasteiger partial charge in [-0.2, -0.15) is 0 Å². The van der Waals surface area contributed by atoms with Crippen molar-refractivity contribution in [1.29, 1.82) is 0 Å². The fourth-order valence-corrected chi connectivity index (χ4v) is 5.01. The molecule has 1 heterocycles. The van der Waals surface area contributed by atoms with Crippen molar-refractivity contribution in [2.45, 2.75) is 43.5 Å². The van der Waals surface area contributed by atoms with Gasteiger partial charge in [-0.15, -0.1) is 11.8 Å². The lowest BCUT2D eigenvalue weighted by Crippen LogP contribution is -2.45. The van der Waals surface area contributed by atoms with Crippen molar-refractivity contribution in [2.24, 2.45) is 0 Å². The Morgan fingerprint density at radius 3 is 2.73 bits per heavy atom. The van der Waals surface area contributed by atoms with E-state index in [0.717, 1.165) is 30.7 Å². The van der Waals surface area contributed by atoms with Crippen molar-refractivity contribution in [3.63, 3.8) is 0 Å². The van der Waals surface area contributed by atoms with E-state index in [2.05, 4.69) is 5.32 Å². The van der Waals surface area contributed by atoms with Gasteiger partial charge in [0, 0.05) is 33.9 Å². The molecule has 2 aliphatic rings. The first-order chi connectivity index (χ1) is 10.6. The third-order valence-corrected chi connectivity index (χ3v) is 6.12. The highest BCUT2D eigenvalue weighted by Gasteiger charge is 2.33. The van der Waals surface area contributed by atoms with Gasteiger partial charge < -0.3 is 10.2 Å². The first kappa shape index (κ1) is 16.3. The van der Waals surface area contributed by atoms with Gasteiger partial charge in [0.25, 0.3) is 0 Å². The summed E-state index contributed by atoms with van der Waals surface area (Å²) in [6, 6.07) is 5.86. The lowest BCUT2D eigenvalue weighted by atomic mass is 9.96. The first-order valence-corrected chi connectivity index (χ1v) is 9.59. The van der Waals surface area contributed by atoms with Crippen LogP contribution in [0.5, 0.6) is 0 Å². The van der Waals surface area contributed by atoms with Gasteiger partial charge in [-0.3, -0.25) is 0 Å². The maximum absolute atomic E-state index is 12.6. The normalized spacial score (nSPS) is 22.8. The van der Waals surface area contributed by atoms with Crippen LogP contribution in [0.15, 0.2) is 18.2 Å². The van der Waals surface area contributed by atoms with Crippen molar-refractivity contribution in [2.75, 3.05) is 12.3 Å². The summed E-state index contributed by atoms with van der Waals surface area (Å²) in [6.45, 7) is 0.757. The summed E-state index contributed by atoms with van der Waals surface area (Å²) >= 11 is 14.0. The number of nitrogens with one attached hydrogen (secondary N) is 1. The molecule has 1 saturated heterocycles. The summed E-state index contributed by atoms with van der Waals surface area (Å²) in [6.07, 6.45) is 5.91. The number of thioether (sulfide) groups is 1. The summed E-state index contributed by atoms with van der Waals surface area (Å²) < 4.78 is 0. The van der Waals surface area contributed by atoms with Gasteiger partial charge in [-0.05, 0) is 25.0 Å². The average molecular weight is 359 g/mol. The van der Waals surface area contributed by atoms with Crippen LogP contribution in [0.25, 0.3) is 0 Å². The number of hydrogen-bond acceptors (Lipinski definition) is 2. The van der Waals surface area contributed by atoms with Crippen LogP contribution in [-0.4, -0.2) is 29.3 Å². The number of rotatable bonds is 2. The molecule has 2 fully saturated rings. The zero-order chi connectivity index (χ0) is 15.5. The smallest absolute Gasteiger partial charge is 0.318 e. The lowest BCUT2D eigenvalue weighted by Gasteiger charge is -2.29. The largest absolute Gasteiger partial charge is 0.335 e. The van der Waals surface area contributed by atoms with Crippen LogP contribution in [0, 0.1) is 0 Å². The van der Waals surface area contributed by atoms with Crippen LogP contribution in [0.1, 0.15) is 43.0 Å². The Balaban J connectivity index is 1.70. The third kappa shape index (κ3) is 3.66. The van der Waals surface area contributed by atoms with Crippen LogP contribution in [0.3, 0.4) is 0 Å². The predicted octanol–water partition coefficient (Wildman–Crippen LogP) is 5.08. The van der Waals surface area contributed by atoms with Crippen LogP contribution in [0.4, 0.5) is 4.79 Å². The molecule has 0 radical (unpaired) electrons. The number of carbonyl (C=O) groups excluding carboxylic acids is 1. The summed E-state index contributed by atoms with van der Waals surface area (Å²) in [4.78, 5) is 14.5. The van der Waals surface area contributed by atoms with E-state index in [1.807, 2.05) is 17.0 Å². The van der Waals surface area contributed by atoms with E-state index in [-0.39, 0.29) is 11.4 Å². The SMILES string of the molecule is O=C(NC1CCCCC1)N1CCS[C@@H]1c1ccc(Cl)cc1Cl. The topological polar surface area (TPSA) is 32.3 Å². The molecule has 1 aromatic rings. The molecular weight excluding hydrogens is 339 g/mol. The summed E-state index contributed by atoms with van der Waals surface area (Å²) in [7, 11) is 0. The minimum atomic E-state index is -0.0200. The van der Waals surface area contributed by atoms with Gasteiger partial charge in [0.1, 0.15) is 5.37 Å². The second kappa shape index (κ2) is 7.33. The molecule has 1 N–H and O–H groups in total. The molecule has 6 heteroatoms. The molecule has 1 aromatic carbocycles. The summed E-state index contributed by atoms with van der Waals surface area (Å²) in [5.41, 5.74) is 0.965. The quantitative estimate of drug-likeness (QED) is 0.798. The zero-order valence-corrected chi connectivity index (χ0v) is 14.7. The van der Waals surface area contributed by atoms with Gasteiger partial charge in [-0.25, -0.2) is 4.79 Å². The van der Waals surface area contributed by atoms with Crippen LogP contribution < -0.4 is 5.32 Å². The molecule has 2 amide bonds. The third-order valence-electron chi connectivity index (χ3n) is 4.31. The van der Waals surface area contributed by atoms with Crippen LogP contribution in [0.2, 0.25) is 10.0 Å². The maximum Gasteiger partial charge on any atom is 0.318 e. The molecule has 0 spiro atoms. The van der Waals surface area contributed by atoms with E-state index >= 15 is 0 Å². The van der Waals surface area contributed by atoms with Gasteiger partial charge in [0.05, 0.1) is 0 Å². The minimum absolute atomic E-state index is 0.0200. The van der Waals surface area contributed by atoms with Crippen molar-refractivity contribution in [3.05, 3.63) is 33.8 Å². The molecular formula is C16H20Cl2N2OS. The molecule has 1 aliphatic heterocycles. The minimum Gasteiger partial charge on any atom is -0.335 e. The Kier molecular flexibility index (Phi) is 5.42. The van der Waals surface area contributed by atoms with Crippen molar-refractivity contribution >= 4 is 41.0 Å². The number of nitrogens with zero attached hydrogens (tertiary/aromatic N) is 1. The fraction of sp³-hybridized carbons (Fsp3) is 0.562. The van der Waals surface area contributed by atoms with E-state index in [9.17, 15) is 4.79 Å².